The molecule has 1 heterocycles. The normalized spacial score (nSPS) is 13.8. The van der Waals surface area contributed by atoms with Crippen LogP contribution < -0.4 is 9.46 Å². The number of nitrogens with one attached hydrogen (secondary N) is 1. The van der Waals surface area contributed by atoms with Crippen molar-refractivity contribution in [2.24, 2.45) is 0 Å². The van der Waals surface area contributed by atoms with E-state index in [9.17, 15) is 18.0 Å². The number of sulfonamides is 1. The van der Waals surface area contributed by atoms with E-state index in [1.54, 1.807) is 9.80 Å². The third-order valence-electron chi connectivity index (χ3n) is 6.12. The monoisotopic (exact) mass is 609 g/mol. The molecule has 1 aliphatic rings. The van der Waals surface area contributed by atoms with Crippen LogP contribution in [-0.4, -0.2) is 62.8 Å². The number of hydrogen-bond donors (Lipinski definition) is 1. The van der Waals surface area contributed by atoms with Crippen LogP contribution in [0.5, 0.6) is 5.75 Å². The van der Waals surface area contributed by atoms with E-state index in [1.165, 1.54) is 36.4 Å². The van der Waals surface area contributed by atoms with Gasteiger partial charge in [-0.05, 0) is 73.5 Å². The number of anilines is 1. The van der Waals surface area contributed by atoms with Gasteiger partial charge in [-0.2, -0.15) is 0 Å². The molecule has 1 aliphatic heterocycles. The van der Waals surface area contributed by atoms with Gasteiger partial charge in [0.2, 0.25) is 0 Å². The van der Waals surface area contributed by atoms with Crippen molar-refractivity contribution in [1.29, 1.82) is 0 Å². The lowest BCUT2D eigenvalue weighted by molar-refractivity contribution is -0.134. The highest BCUT2D eigenvalue weighted by molar-refractivity contribution is 7.92. The van der Waals surface area contributed by atoms with Crippen molar-refractivity contribution in [2.75, 3.05) is 37.5 Å². The molecule has 1 N–H and O–H groups in total. The Kier molecular flexibility index (Phi) is 8.96. The van der Waals surface area contributed by atoms with Crippen LogP contribution in [-0.2, 0) is 14.8 Å². The van der Waals surface area contributed by atoms with Gasteiger partial charge in [0.25, 0.3) is 21.8 Å². The number of carbonyl (C=O) groups excluding carboxylic acids is 2. The van der Waals surface area contributed by atoms with Crippen LogP contribution in [0.4, 0.5) is 5.69 Å². The molecule has 0 unspecified atom stereocenters. The number of rotatable bonds is 7. The van der Waals surface area contributed by atoms with Gasteiger partial charge in [0.1, 0.15) is 10.6 Å². The summed E-state index contributed by atoms with van der Waals surface area (Å²) in [7, 11) is -4.19. The highest BCUT2D eigenvalue weighted by atomic mass is 35.5. The van der Waals surface area contributed by atoms with Crippen molar-refractivity contribution < 1.29 is 22.7 Å². The minimum atomic E-state index is -4.19. The van der Waals surface area contributed by atoms with Crippen LogP contribution in [0.2, 0.25) is 15.1 Å². The van der Waals surface area contributed by atoms with E-state index >= 15 is 0 Å². The third kappa shape index (κ3) is 7.16. The van der Waals surface area contributed by atoms with Crippen molar-refractivity contribution in [3.8, 4) is 5.75 Å². The summed E-state index contributed by atoms with van der Waals surface area (Å²) >= 11 is 18.3. The minimum Gasteiger partial charge on any atom is -0.484 e. The second kappa shape index (κ2) is 12.0. The molecule has 8 nitrogen and oxygen atoms in total. The molecule has 3 aromatic carbocycles. The van der Waals surface area contributed by atoms with Gasteiger partial charge in [0, 0.05) is 36.8 Å². The highest BCUT2D eigenvalue weighted by Gasteiger charge is 2.27. The summed E-state index contributed by atoms with van der Waals surface area (Å²) in [6.07, 6.45) is 0. The quantitative estimate of drug-likeness (QED) is 0.385. The largest absolute Gasteiger partial charge is 0.484 e. The van der Waals surface area contributed by atoms with E-state index < -0.39 is 10.0 Å². The molecular formula is C27H26Cl3N3O5S. The number of piperazine rings is 1. The molecule has 2 amide bonds. The van der Waals surface area contributed by atoms with E-state index in [1.807, 2.05) is 32.0 Å². The molecule has 0 spiro atoms. The molecular weight excluding hydrogens is 585 g/mol. The molecule has 0 bridgehead atoms. The first-order chi connectivity index (χ1) is 18.4. The standard InChI is InChI=1S/C27H26Cl3N3O5S/c1-17-11-18(2)13-21(12-17)38-16-26(34)32-7-9-33(10-8-32)27(35)19-3-5-23(30)25(14-19)39(36,37)31-24-15-20(28)4-6-22(24)29/h3-6,11-15,31H,7-10,16H2,1-2H3. The lowest BCUT2D eigenvalue weighted by atomic mass is 10.1. The Balaban J connectivity index is 1.39. The van der Waals surface area contributed by atoms with Gasteiger partial charge in [-0.3, -0.25) is 14.3 Å². The Labute approximate surface area is 242 Å². The summed E-state index contributed by atoms with van der Waals surface area (Å²) in [5.41, 5.74) is 2.33. The number of nitrogens with zero attached hydrogens (tertiary/aromatic N) is 2. The number of ether oxygens (including phenoxy) is 1. The Bertz CT molecular complexity index is 1500. The van der Waals surface area contributed by atoms with Gasteiger partial charge in [-0.1, -0.05) is 40.9 Å². The molecule has 1 saturated heterocycles. The summed E-state index contributed by atoms with van der Waals surface area (Å²) in [5, 5.41) is 0.385. The van der Waals surface area contributed by atoms with Crippen LogP contribution in [0.25, 0.3) is 0 Å². The Morgan fingerprint density at radius 2 is 1.46 bits per heavy atom. The second-order valence-corrected chi connectivity index (χ2v) is 12.1. The maximum absolute atomic E-state index is 13.2. The maximum Gasteiger partial charge on any atom is 0.263 e. The average molecular weight is 611 g/mol. The van der Waals surface area contributed by atoms with Crippen LogP contribution in [0, 0.1) is 13.8 Å². The van der Waals surface area contributed by atoms with Crippen molar-refractivity contribution in [1.82, 2.24) is 9.80 Å². The highest BCUT2D eigenvalue weighted by Crippen LogP contribution is 2.30. The lowest BCUT2D eigenvalue weighted by Crippen LogP contribution is -2.51. The number of halogens is 3. The first-order valence-corrected chi connectivity index (χ1v) is 14.6. The van der Waals surface area contributed by atoms with Gasteiger partial charge in [0.05, 0.1) is 15.7 Å². The summed E-state index contributed by atoms with van der Waals surface area (Å²) in [6, 6.07) is 14.2. The first-order valence-electron chi connectivity index (χ1n) is 12.0. The Morgan fingerprint density at radius 3 is 2.13 bits per heavy atom. The van der Waals surface area contributed by atoms with Gasteiger partial charge >= 0.3 is 0 Å². The van der Waals surface area contributed by atoms with E-state index in [0.29, 0.717) is 23.9 Å². The fourth-order valence-corrected chi connectivity index (χ4v) is 6.20. The molecule has 39 heavy (non-hydrogen) atoms. The predicted octanol–water partition coefficient (Wildman–Crippen LogP) is 5.43. The fraction of sp³-hybridized carbons (Fsp3) is 0.259. The van der Waals surface area contributed by atoms with Gasteiger partial charge < -0.3 is 14.5 Å². The van der Waals surface area contributed by atoms with Crippen LogP contribution >= 0.6 is 34.8 Å². The Hall–Kier alpha value is -2.98. The van der Waals surface area contributed by atoms with Crippen LogP contribution in [0.15, 0.2) is 59.5 Å². The Morgan fingerprint density at radius 1 is 0.846 bits per heavy atom. The number of hydrogen-bond acceptors (Lipinski definition) is 5. The molecule has 0 aromatic heterocycles. The number of amides is 2. The van der Waals surface area contributed by atoms with Crippen LogP contribution in [0.3, 0.4) is 0 Å². The molecule has 206 valence electrons. The number of benzene rings is 3. The second-order valence-electron chi connectivity index (χ2n) is 9.16. The van der Waals surface area contributed by atoms with E-state index in [4.69, 9.17) is 39.5 Å². The molecule has 0 atom stereocenters. The summed E-state index contributed by atoms with van der Waals surface area (Å²) in [6.45, 7) is 5.05. The molecule has 12 heteroatoms. The van der Waals surface area contributed by atoms with E-state index in [0.717, 1.165) is 11.1 Å². The smallest absolute Gasteiger partial charge is 0.263 e. The van der Waals surface area contributed by atoms with E-state index in [2.05, 4.69) is 4.72 Å². The average Bonchev–Trinajstić information content (AvgIpc) is 2.88. The zero-order valence-corrected chi connectivity index (χ0v) is 24.3. The fourth-order valence-electron chi connectivity index (χ4n) is 4.21. The summed E-state index contributed by atoms with van der Waals surface area (Å²) in [5.74, 6) is 0.0876. The molecule has 3 aromatic rings. The molecule has 1 fully saturated rings. The summed E-state index contributed by atoms with van der Waals surface area (Å²) in [4.78, 5) is 28.8. The van der Waals surface area contributed by atoms with Gasteiger partial charge in [0.15, 0.2) is 6.61 Å². The molecule has 0 aliphatic carbocycles. The summed E-state index contributed by atoms with van der Waals surface area (Å²) < 4.78 is 34.2. The number of aryl methyl sites for hydroxylation is 2. The molecule has 4 rings (SSSR count). The lowest BCUT2D eigenvalue weighted by Gasteiger charge is -2.34. The van der Waals surface area contributed by atoms with Crippen molar-refractivity contribution >= 4 is 62.3 Å². The number of carbonyl (C=O) groups is 2. The SMILES string of the molecule is Cc1cc(C)cc(OCC(=O)N2CCN(C(=O)c3ccc(Cl)c(S(=O)(=O)Nc4cc(Cl)ccc4Cl)c3)CC2)c1. The maximum atomic E-state index is 13.2. The predicted molar refractivity (Wildman–Crippen MR) is 153 cm³/mol. The molecule has 0 radical (unpaired) electrons. The van der Waals surface area contributed by atoms with Gasteiger partial charge in [-0.15, -0.1) is 0 Å². The van der Waals surface area contributed by atoms with E-state index in [-0.39, 0.29) is 57.7 Å². The topological polar surface area (TPSA) is 96.0 Å². The molecule has 0 saturated carbocycles. The van der Waals surface area contributed by atoms with Crippen molar-refractivity contribution in [3.05, 3.63) is 86.4 Å². The minimum absolute atomic E-state index is 0.0589. The van der Waals surface area contributed by atoms with Crippen molar-refractivity contribution in [3.63, 3.8) is 0 Å². The van der Waals surface area contributed by atoms with Crippen molar-refractivity contribution in [2.45, 2.75) is 18.7 Å². The van der Waals surface area contributed by atoms with Crippen LogP contribution in [0.1, 0.15) is 21.5 Å². The zero-order chi connectivity index (χ0) is 28.3. The first kappa shape index (κ1) is 29.0. The third-order valence-corrected chi connectivity index (χ3v) is 8.53. The van der Waals surface area contributed by atoms with Gasteiger partial charge in [-0.25, -0.2) is 8.42 Å². The zero-order valence-electron chi connectivity index (χ0n) is 21.2.